The molecule has 6 heteroatoms. The van der Waals surface area contributed by atoms with Crippen LogP contribution >= 0.6 is 0 Å². The maximum atomic E-state index is 5.20. The Labute approximate surface area is 116 Å². The molecule has 0 saturated heterocycles. The topological polar surface area (TPSA) is 64.9 Å². The van der Waals surface area contributed by atoms with Gasteiger partial charge in [-0.25, -0.2) is 4.98 Å². The summed E-state index contributed by atoms with van der Waals surface area (Å²) in [6, 6.07) is 9.83. The van der Waals surface area contributed by atoms with Crippen molar-refractivity contribution in [2.45, 2.75) is 6.54 Å². The van der Waals surface area contributed by atoms with Gasteiger partial charge in [-0.2, -0.15) is 0 Å². The van der Waals surface area contributed by atoms with Crippen molar-refractivity contribution >= 4 is 16.7 Å². The Morgan fingerprint density at radius 2 is 2.20 bits per heavy atom. The van der Waals surface area contributed by atoms with Crippen LogP contribution in [0.15, 0.2) is 42.7 Å². The molecule has 0 atom stereocenters. The van der Waals surface area contributed by atoms with Crippen LogP contribution in [-0.4, -0.2) is 33.6 Å². The number of hydrogen-bond donors (Lipinski definition) is 1. The van der Waals surface area contributed by atoms with Crippen LogP contribution < -0.4 is 10.1 Å². The molecule has 2 heterocycles. The number of nitrogens with zero attached hydrogens (tertiary/aromatic N) is 4. The van der Waals surface area contributed by atoms with Gasteiger partial charge in [0, 0.05) is 18.1 Å². The fourth-order valence-electron chi connectivity index (χ4n) is 1.98. The fraction of sp³-hybridized carbons (Fsp3) is 0.214. The number of anilines is 1. The highest BCUT2D eigenvalue weighted by Gasteiger charge is 2.00. The second-order valence-corrected chi connectivity index (χ2v) is 4.35. The second kappa shape index (κ2) is 5.56. The van der Waals surface area contributed by atoms with Gasteiger partial charge in [0.1, 0.15) is 11.6 Å². The summed E-state index contributed by atoms with van der Waals surface area (Å²) < 4.78 is 6.98. The van der Waals surface area contributed by atoms with E-state index < -0.39 is 0 Å². The molecule has 0 spiro atoms. The highest BCUT2D eigenvalue weighted by molar-refractivity contribution is 5.81. The van der Waals surface area contributed by atoms with E-state index in [2.05, 4.69) is 20.6 Å². The number of rotatable bonds is 5. The fourth-order valence-corrected chi connectivity index (χ4v) is 1.98. The van der Waals surface area contributed by atoms with Gasteiger partial charge in [-0.05, 0) is 30.3 Å². The minimum Gasteiger partial charge on any atom is -0.497 e. The Kier molecular flexibility index (Phi) is 3.45. The first-order valence-corrected chi connectivity index (χ1v) is 6.38. The highest BCUT2D eigenvalue weighted by atomic mass is 16.5. The van der Waals surface area contributed by atoms with Gasteiger partial charge in [-0.1, -0.05) is 5.21 Å². The van der Waals surface area contributed by atoms with Crippen molar-refractivity contribution in [3.05, 3.63) is 42.7 Å². The molecule has 0 aliphatic heterocycles. The van der Waals surface area contributed by atoms with Crippen LogP contribution in [-0.2, 0) is 6.54 Å². The van der Waals surface area contributed by atoms with E-state index >= 15 is 0 Å². The summed E-state index contributed by atoms with van der Waals surface area (Å²) in [7, 11) is 1.66. The lowest BCUT2D eigenvalue weighted by atomic mass is 10.2. The number of nitrogens with one attached hydrogen (secondary N) is 1. The van der Waals surface area contributed by atoms with E-state index in [1.807, 2.05) is 36.5 Å². The molecule has 3 rings (SSSR count). The maximum absolute atomic E-state index is 5.20. The molecule has 6 nitrogen and oxygen atoms in total. The van der Waals surface area contributed by atoms with Crippen molar-refractivity contribution in [2.24, 2.45) is 0 Å². The average Bonchev–Trinajstić information content (AvgIpc) is 3.00. The minimum absolute atomic E-state index is 0.748. The van der Waals surface area contributed by atoms with Crippen molar-refractivity contribution in [3.8, 4) is 5.75 Å². The molecule has 0 unspecified atom stereocenters. The zero-order valence-corrected chi connectivity index (χ0v) is 11.2. The van der Waals surface area contributed by atoms with E-state index in [1.165, 1.54) is 0 Å². The van der Waals surface area contributed by atoms with Crippen LogP contribution in [0.3, 0.4) is 0 Å². The van der Waals surface area contributed by atoms with Gasteiger partial charge in [-0.3, -0.25) is 4.68 Å². The first-order chi connectivity index (χ1) is 9.85. The van der Waals surface area contributed by atoms with Gasteiger partial charge in [0.2, 0.25) is 0 Å². The summed E-state index contributed by atoms with van der Waals surface area (Å²) in [5.74, 6) is 1.69. The molecule has 0 radical (unpaired) electrons. The number of benzene rings is 1. The quantitative estimate of drug-likeness (QED) is 0.767. The predicted molar refractivity (Wildman–Crippen MR) is 76.8 cm³/mol. The van der Waals surface area contributed by atoms with Crippen LogP contribution in [0.5, 0.6) is 5.75 Å². The predicted octanol–water partition coefficient (Wildman–Crippen LogP) is 1.95. The first-order valence-electron chi connectivity index (χ1n) is 6.38. The van der Waals surface area contributed by atoms with E-state index in [0.29, 0.717) is 0 Å². The first kappa shape index (κ1) is 12.4. The lowest BCUT2D eigenvalue weighted by molar-refractivity contribution is 0.415. The molecule has 2 aromatic heterocycles. The molecule has 0 fully saturated rings. The van der Waals surface area contributed by atoms with E-state index in [4.69, 9.17) is 4.74 Å². The van der Waals surface area contributed by atoms with Crippen LogP contribution in [0.1, 0.15) is 0 Å². The molecule has 0 saturated carbocycles. The largest absolute Gasteiger partial charge is 0.497 e. The van der Waals surface area contributed by atoms with E-state index in [0.717, 1.165) is 35.6 Å². The zero-order chi connectivity index (χ0) is 13.8. The molecule has 0 amide bonds. The Morgan fingerprint density at radius 1 is 1.25 bits per heavy atom. The molecule has 20 heavy (non-hydrogen) atoms. The lowest BCUT2D eigenvalue weighted by Gasteiger charge is -2.07. The average molecular weight is 269 g/mol. The number of fused-ring (bicyclic) bond motifs is 1. The summed E-state index contributed by atoms with van der Waals surface area (Å²) in [5.41, 5.74) is 0.941. The van der Waals surface area contributed by atoms with E-state index in [1.54, 1.807) is 18.0 Å². The second-order valence-electron chi connectivity index (χ2n) is 4.35. The Balaban J connectivity index is 1.69. The lowest BCUT2D eigenvalue weighted by Crippen LogP contribution is -2.11. The number of ether oxygens (including phenoxy) is 1. The molecule has 0 aliphatic rings. The van der Waals surface area contributed by atoms with Crippen LogP contribution in [0.25, 0.3) is 10.9 Å². The van der Waals surface area contributed by atoms with Crippen molar-refractivity contribution in [1.82, 2.24) is 20.0 Å². The van der Waals surface area contributed by atoms with E-state index in [-0.39, 0.29) is 0 Å². The van der Waals surface area contributed by atoms with E-state index in [9.17, 15) is 0 Å². The van der Waals surface area contributed by atoms with Crippen LogP contribution in [0, 0.1) is 0 Å². The number of pyridine rings is 1. The highest BCUT2D eigenvalue weighted by Crippen LogP contribution is 2.20. The molecular formula is C14H15N5O. The smallest absolute Gasteiger partial charge is 0.126 e. The third-order valence-corrected chi connectivity index (χ3v) is 3.02. The van der Waals surface area contributed by atoms with Crippen molar-refractivity contribution in [2.75, 3.05) is 19.0 Å². The summed E-state index contributed by atoms with van der Waals surface area (Å²) in [6.07, 6.45) is 3.50. The molecule has 1 N–H and O–H groups in total. The van der Waals surface area contributed by atoms with Crippen molar-refractivity contribution < 1.29 is 4.74 Å². The van der Waals surface area contributed by atoms with Gasteiger partial charge >= 0.3 is 0 Å². The summed E-state index contributed by atoms with van der Waals surface area (Å²) >= 11 is 0. The molecule has 102 valence electrons. The van der Waals surface area contributed by atoms with Gasteiger partial charge in [0.05, 0.1) is 25.4 Å². The molecule has 0 aliphatic carbocycles. The van der Waals surface area contributed by atoms with Crippen LogP contribution in [0.2, 0.25) is 0 Å². The van der Waals surface area contributed by atoms with Gasteiger partial charge in [0.15, 0.2) is 0 Å². The normalized spacial score (nSPS) is 10.7. The SMILES string of the molecule is COc1ccc2nc(NCCn3ccnn3)ccc2c1. The van der Waals surface area contributed by atoms with Crippen LogP contribution in [0.4, 0.5) is 5.82 Å². The molecule has 1 aromatic carbocycles. The number of hydrogen-bond acceptors (Lipinski definition) is 5. The van der Waals surface area contributed by atoms with Crippen molar-refractivity contribution in [3.63, 3.8) is 0 Å². The minimum atomic E-state index is 0.748. The third-order valence-electron chi connectivity index (χ3n) is 3.02. The monoisotopic (exact) mass is 269 g/mol. The van der Waals surface area contributed by atoms with Gasteiger partial charge < -0.3 is 10.1 Å². The molecular weight excluding hydrogens is 254 g/mol. The Morgan fingerprint density at radius 3 is 3.00 bits per heavy atom. The Bertz CT molecular complexity index is 696. The zero-order valence-electron chi connectivity index (χ0n) is 11.2. The standard InChI is InChI=1S/C14H15N5O/c1-20-12-3-4-13-11(10-12)2-5-14(17-13)15-6-8-19-9-7-16-18-19/h2-5,7,9-10H,6,8H2,1H3,(H,15,17). The molecule has 0 bridgehead atoms. The maximum Gasteiger partial charge on any atom is 0.126 e. The summed E-state index contributed by atoms with van der Waals surface area (Å²) in [4.78, 5) is 4.56. The number of aromatic nitrogens is 4. The van der Waals surface area contributed by atoms with Gasteiger partial charge in [-0.15, -0.1) is 5.10 Å². The Hall–Kier alpha value is -2.63. The number of methoxy groups -OCH3 is 1. The third kappa shape index (κ3) is 2.69. The summed E-state index contributed by atoms with van der Waals surface area (Å²) in [6.45, 7) is 1.50. The van der Waals surface area contributed by atoms with Crippen molar-refractivity contribution in [1.29, 1.82) is 0 Å². The summed E-state index contributed by atoms with van der Waals surface area (Å²) in [5, 5.41) is 12.0. The van der Waals surface area contributed by atoms with Gasteiger partial charge in [0.25, 0.3) is 0 Å². The molecule has 3 aromatic rings.